The van der Waals surface area contributed by atoms with Gasteiger partial charge in [-0.2, -0.15) is 0 Å². The Balaban J connectivity index is 2.65. The summed E-state index contributed by atoms with van der Waals surface area (Å²) in [5.74, 6) is -0.0519. The van der Waals surface area contributed by atoms with Crippen LogP contribution in [0.2, 0.25) is 0 Å². The average Bonchev–Trinajstić information content (AvgIpc) is 2.36. The molecule has 118 valence electrons. The van der Waals surface area contributed by atoms with Gasteiger partial charge in [0.05, 0.1) is 7.11 Å². The van der Waals surface area contributed by atoms with Crippen molar-refractivity contribution < 1.29 is 14.6 Å². The molecule has 5 heteroatoms. The Hall–Kier alpha value is -1.07. The van der Waals surface area contributed by atoms with E-state index in [0.717, 1.165) is 22.2 Å². The molecule has 21 heavy (non-hydrogen) atoms. The number of hydrogen-bond donors (Lipinski definition) is 2. The Kier molecular flexibility index (Phi) is 6.68. The van der Waals surface area contributed by atoms with Crippen molar-refractivity contribution >= 4 is 21.9 Å². The van der Waals surface area contributed by atoms with Gasteiger partial charge in [-0.25, -0.2) is 0 Å². The van der Waals surface area contributed by atoms with Crippen molar-refractivity contribution in [3.63, 3.8) is 0 Å². The van der Waals surface area contributed by atoms with Crippen molar-refractivity contribution in [2.24, 2.45) is 5.41 Å². The lowest BCUT2D eigenvalue weighted by molar-refractivity contribution is -0.139. The molecule has 0 fully saturated rings. The highest BCUT2D eigenvalue weighted by atomic mass is 79.9. The molecule has 0 aliphatic carbocycles. The molecule has 0 spiro atoms. The zero-order valence-electron chi connectivity index (χ0n) is 13.1. The van der Waals surface area contributed by atoms with E-state index in [9.17, 15) is 9.90 Å². The highest BCUT2D eigenvalue weighted by Crippen LogP contribution is 2.23. The minimum Gasteiger partial charge on any atom is -0.497 e. The summed E-state index contributed by atoms with van der Waals surface area (Å²) in [6.45, 7) is 6.85. The van der Waals surface area contributed by atoms with Crippen LogP contribution in [0.3, 0.4) is 0 Å². The first-order valence-corrected chi connectivity index (χ1v) is 7.80. The van der Waals surface area contributed by atoms with E-state index < -0.39 is 12.0 Å². The average molecular weight is 358 g/mol. The second kappa shape index (κ2) is 7.80. The van der Waals surface area contributed by atoms with Gasteiger partial charge in [0, 0.05) is 11.0 Å². The van der Waals surface area contributed by atoms with Crippen molar-refractivity contribution in [1.82, 2.24) is 5.32 Å². The molecule has 0 saturated carbocycles. The third-order valence-corrected chi connectivity index (χ3v) is 3.66. The normalized spacial score (nSPS) is 13.0. The standard InChI is InChI=1S/C16H24BrNO3/c1-16(2,3)6-5-14(15(19)20)18-10-11-7-12(17)9-13(8-11)21-4/h7-9,14,18H,5-6,10H2,1-4H3,(H,19,20)/t14-/m0/s1. The van der Waals surface area contributed by atoms with E-state index in [1.165, 1.54) is 0 Å². The maximum Gasteiger partial charge on any atom is 0.320 e. The molecule has 0 heterocycles. The third-order valence-electron chi connectivity index (χ3n) is 3.20. The van der Waals surface area contributed by atoms with Crippen LogP contribution < -0.4 is 10.1 Å². The summed E-state index contributed by atoms with van der Waals surface area (Å²) in [5.41, 5.74) is 1.12. The van der Waals surface area contributed by atoms with E-state index in [1.807, 2.05) is 18.2 Å². The Morgan fingerprint density at radius 3 is 2.57 bits per heavy atom. The molecule has 1 atom stereocenters. The number of halogens is 1. The molecule has 4 nitrogen and oxygen atoms in total. The van der Waals surface area contributed by atoms with Gasteiger partial charge in [0.1, 0.15) is 11.8 Å². The number of carboxylic acid groups (broad SMARTS) is 1. The number of hydrogen-bond acceptors (Lipinski definition) is 3. The monoisotopic (exact) mass is 357 g/mol. The predicted octanol–water partition coefficient (Wildman–Crippen LogP) is 3.83. The molecule has 0 amide bonds. The number of carboxylic acids is 1. The number of methoxy groups -OCH3 is 1. The van der Waals surface area contributed by atoms with Gasteiger partial charge in [-0.05, 0) is 42.0 Å². The first-order valence-electron chi connectivity index (χ1n) is 7.01. The molecule has 0 bridgehead atoms. The number of carbonyl (C=O) groups is 1. The van der Waals surface area contributed by atoms with Crippen molar-refractivity contribution in [2.45, 2.75) is 46.2 Å². The summed E-state index contributed by atoms with van der Waals surface area (Å²) in [7, 11) is 1.61. The molecule has 0 unspecified atom stereocenters. The van der Waals surface area contributed by atoms with E-state index in [0.29, 0.717) is 13.0 Å². The first-order chi connectivity index (χ1) is 9.71. The Labute approximate surface area is 135 Å². The third kappa shape index (κ3) is 6.96. The summed E-state index contributed by atoms with van der Waals surface area (Å²) in [5, 5.41) is 12.4. The van der Waals surface area contributed by atoms with Crippen LogP contribution >= 0.6 is 15.9 Å². The number of benzene rings is 1. The lowest BCUT2D eigenvalue weighted by atomic mass is 9.88. The number of ether oxygens (including phenoxy) is 1. The second-order valence-corrected chi connectivity index (χ2v) is 7.29. The van der Waals surface area contributed by atoms with Crippen LogP contribution in [0.15, 0.2) is 22.7 Å². The fraction of sp³-hybridized carbons (Fsp3) is 0.562. The highest BCUT2D eigenvalue weighted by Gasteiger charge is 2.20. The molecule has 1 rings (SSSR count). The molecule has 1 aromatic carbocycles. The van der Waals surface area contributed by atoms with Gasteiger partial charge >= 0.3 is 5.97 Å². The summed E-state index contributed by atoms with van der Waals surface area (Å²) in [6, 6.07) is 5.20. The molecule has 0 aromatic heterocycles. The lowest BCUT2D eigenvalue weighted by Gasteiger charge is -2.21. The molecule has 2 N–H and O–H groups in total. The van der Waals surface area contributed by atoms with Crippen LogP contribution in [0.25, 0.3) is 0 Å². The number of nitrogens with one attached hydrogen (secondary N) is 1. The van der Waals surface area contributed by atoms with Gasteiger partial charge in [0.25, 0.3) is 0 Å². The summed E-state index contributed by atoms with van der Waals surface area (Å²) in [6.07, 6.45) is 1.47. The fourth-order valence-corrected chi connectivity index (χ4v) is 2.49. The first kappa shape index (κ1) is 18.0. The van der Waals surface area contributed by atoms with Gasteiger partial charge < -0.3 is 15.2 Å². The van der Waals surface area contributed by atoms with E-state index in [4.69, 9.17) is 4.74 Å². The number of rotatable bonds is 7. The van der Waals surface area contributed by atoms with Crippen molar-refractivity contribution in [3.8, 4) is 5.75 Å². The maximum absolute atomic E-state index is 11.3. The smallest absolute Gasteiger partial charge is 0.320 e. The lowest BCUT2D eigenvalue weighted by Crippen LogP contribution is -2.37. The van der Waals surface area contributed by atoms with Crippen molar-refractivity contribution in [2.75, 3.05) is 7.11 Å². The molecule has 0 saturated heterocycles. The van der Waals surface area contributed by atoms with E-state index in [2.05, 4.69) is 42.0 Å². The van der Waals surface area contributed by atoms with Crippen LogP contribution in [0.5, 0.6) is 5.75 Å². The molecule has 0 aliphatic rings. The van der Waals surface area contributed by atoms with Crippen LogP contribution in [-0.2, 0) is 11.3 Å². The fourth-order valence-electron chi connectivity index (χ4n) is 1.97. The Morgan fingerprint density at radius 1 is 1.38 bits per heavy atom. The predicted molar refractivity (Wildman–Crippen MR) is 87.6 cm³/mol. The topological polar surface area (TPSA) is 58.6 Å². The molecular weight excluding hydrogens is 334 g/mol. The van der Waals surface area contributed by atoms with E-state index >= 15 is 0 Å². The molecular formula is C16H24BrNO3. The maximum atomic E-state index is 11.3. The van der Waals surface area contributed by atoms with Gasteiger partial charge in [0.2, 0.25) is 0 Å². The van der Waals surface area contributed by atoms with Crippen LogP contribution in [0, 0.1) is 5.41 Å². The number of aliphatic carboxylic acids is 1. The molecule has 0 aliphatic heterocycles. The minimum absolute atomic E-state index is 0.133. The van der Waals surface area contributed by atoms with E-state index in [-0.39, 0.29) is 5.41 Å². The highest BCUT2D eigenvalue weighted by molar-refractivity contribution is 9.10. The van der Waals surface area contributed by atoms with Crippen molar-refractivity contribution in [1.29, 1.82) is 0 Å². The van der Waals surface area contributed by atoms with Gasteiger partial charge in [-0.1, -0.05) is 36.7 Å². The van der Waals surface area contributed by atoms with Crippen LogP contribution in [0.1, 0.15) is 39.2 Å². The summed E-state index contributed by atoms with van der Waals surface area (Å²) in [4.78, 5) is 11.3. The summed E-state index contributed by atoms with van der Waals surface area (Å²) < 4.78 is 6.12. The summed E-state index contributed by atoms with van der Waals surface area (Å²) >= 11 is 3.42. The van der Waals surface area contributed by atoms with Crippen LogP contribution in [0.4, 0.5) is 0 Å². The van der Waals surface area contributed by atoms with E-state index in [1.54, 1.807) is 7.11 Å². The Morgan fingerprint density at radius 2 is 2.05 bits per heavy atom. The largest absolute Gasteiger partial charge is 0.497 e. The van der Waals surface area contributed by atoms with Gasteiger partial charge in [-0.3, -0.25) is 4.79 Å². The van der Waals surface area contributed by atoms with Crippen molar-refractivity contribution in [3.05, 3.63) is 28.2 Å². The zero-order valence-corrected chi connectivity index (χ0v) is 14.7. The van der Waals surface area contributed by atoms with Gasteiger partial charge in [-0.15, -0.1) is 0 Å². The molecule has 1 aromatic rings. The molecule has 0 radical (unpaired) electrons. The quantitative estimate of drug-likeness (QED) is 0.778. The SMILES string of the molecule is COc1cc(Br)cc(CN[C@@H](CCC(C)(C)C)C(=O)O)c1. The second-order valence-electron chi connectivity index (χ2n) is 6.37. The van der Waals surface area contributed by atoms with Crippen LogP contribution in [-0.4, -0.2) is 24.2 Å². The zero-order chi connectivity index (χ0) is 16.0. The Bertz CT molecular complexity index is 483. The van der Waals surface area contributed by atoms with Gasteiger partial charge in [0.15, 0.2) is 0 Å². The minimum atomic E-state index is -0.804.